The zero-order chi connectivity index (χ0) is 28.1. The Morgan fingerprint density at radius 2 is 1.41 bits per heavy atom. The van der Waals surface area contributed by atoms with Gasteiger partial charge in [-0.2, -0.15) is 0 Å². The van der Waals surface area contributed by atoms with E-state index >= 15 is 0 Å². The van der Waals surface area contributed by atoms with Gasteiger partial charge in [0.2, 0.25) is 0 Å². The van der Waals surface area contributed by atoms with Crippen molar-refractivity contribution in [3.8, 4) is 0 Å². The summed E-state index contributed by atoms with van der Waals surface area (Å²) in [5.74, 6) is -4.13. The summed E-state index contributed by atoms with van der Waals surface area (Å²) in [4.78, 5) is 39.3. The largest absolute Gasteiger partial charge is 0.457 e. The van der Waals surface area contributed by atoms with Crippen LogP contribution < -0.4 is 0 Å². The molecule has 0 radical (unpaired) electrons. The number of aliphatic hydroxyl groups is 3. The number of fused-ring (bicyclic) bond motifs is 1. The van der Waals surface area contributed by atoms with Gasteiger partial charge in [0.25, 0.3) is 0 Å². The maximum Gasteiger partial charge on any atom is 0.343 e. The van der Waals surface area contributed by atoms with Crippen LogP contribution in [-0.2, 0) is 14.3 Å². The number of rotatable bonds is 6. The Kier molecular flexibility index (Phi) is 6.83. The summed E-state index contributed by atoms with van der Waals surface area (Å²) in [6, 6.07) is 16.4. The average molecular weight is 533 g/mol. The molecule has 2 aromatic carbocycles. The molecule has 0 aromatic heterocycles. The Hall–Kier alpha value is -3.59. The normalized spacial score (nSPS) is 32.8. The Labute approximate surface area is 226 Å². The molecule has 1 saturated carbocycles. The van der Waals surface area contributed by atoms with Crippen molar-refractivity contribution in [2.45, 2.75) is 38.6 Å². The number of allylic oxidation sites excluding steroid dienone is 1. The van der Waals surface area contributed by atoms with Crippen LogP contribution in [0, 0.1) is 29.1 Å². The predicted octanol–water partition coefficient (Wildman–Crippen LogP) is 3.08. The summed E-state index contributed by atoms with van der Waals surface area (Å²) in [6.45, 7) is 5.71. The molecule has 0 bridgehead atoms. The molecule has 204 valence electrons. The second kappa shape index (κ2) is 9.86. The quantitative estimate of drug-likeness (QED) is 0.382. The molecule has 8 nitrogen and oxygen atoms in total. The number of hydrogen-bond acceptors (Lipinski definition) is 8. The first-order valence-corrected chi connectivity index (χ1v) is 13.0. The van der Waals surface area contributed by atoms with E-state index in [0.717, 1.165) is 0 Å². The zero-order valence-corrected chi connectivity index (χ0v) is 22.0. The van der Waals surface area contributed by atoms with Crippen molar-refractivity contribution in [2.75, 3.05) is 6.61 Å². The molecule has 7 atom stereocenters. The second-order valence-electron chi connectivity index (χ2n) is 11.2. The zero-order valence-electron chi connectivity index (χ0n) is 22.0. The van der Waals surface area contributed by atoms with Gasteiger partial charge in [0.05, 0.1) is 17.0 Å². The number of ketones is 1. The van der Waals surface area contributed by atoms with E-state index in [9.17, 15) is 29.7 Å². The fraction of sp³-hybridized carbons (Fsp3) is 0.387. The summed E-state index contributed by atoms with van der Waals surface area (Å²) in [5.41, 5.74) is -1.98. The van der Waals surface area contributed by atoms with Gasteiger partial charge in [-0.15, -0.1) is 0 Å². The molecule has 0 amide bonds. The van der Waals surface area contributed by atoms with E-state index in [1.165, 1.54) is 18.2 Å². The third-order valence-electron chi connectivity index (χ3n) is 8.80. The van der Waals surface area contributed by atoms with E-state index in [0.29, 0.717) is 5.56 Å². The van der Waals surface area contributed by atoms with Gasteiger partial charge in [0, 0.05) is 5.92 Å². The van der Waals surface area contributed by atoms with Crippen LogP contribution in [0.25, 0.3) is 0 Å². The fourth-order valence-corrected chi connectivity index (χ4v) is 6.08. The first kappa shape index (κ1) is 27.0. The van der Waals surface area contributed by atoms with Gasteiger partial charge in [-0.05, 0) is 53.2 Å². The van der Waals surface area contributed by atoms with E-state index in [2.05, 4.69) is 0 Å². The number of carbonyl (C=O) groups excluding carboxylic acids is 3. The molecule has 0 spiro atoms. The SMILES string of the molecule is C[C@@H]1[C@H]([C@@H]2C=C(COC(=O)c3ccccc3)[C@@H](O)[C@@]3(O)C(C=C(OC(=O)c4ccccc4)[C@@H]3O)C2=O)C1(C)C. The Bertz CT molecular complexity index is 1350. The van der Waals surface area contributed by atoms with Crippen LogP contribution in [0.4, 0.5) is 0 Å². The number of ether oxygens (including phenoxy) is 2. The van der Waals surface area contributed by atoms with Crippen LogP contribution in [-0.4, -0.2) is 57.5 Å². The van der Waals surface area contributed by atoms with Crippen LogP contribution in [0.15, 0.2) is 84.1 Å². The lowest BCUT2D eigenvalue weighted by Crippen LogP contribution is -2.57. The minimum atomic E-state index is -2.43. The van der Waals surface area contributed by atoms with Crippen molar-refractivity contribution in [1.82, 2.24) is 0 Å². The van der Waals surface area contributed by atoms with E-state index in [1.54, 1.807) is 54.6 Å². The molecule has 3 N–H and O–H groups in total. The minimum Gasteiger partial charge on any atom is -0.457 e. The Morgan fingerprint density at radius 3 is 1.95 bits per heavy atom. The molecular weight excluding hydrogens is 500 g/mol. The number of benzene rings is 2. The van der Waals surface area contributed by atoms with Crippen molar-refractivity contribution < 1.29 is 39.2 Å². The van der Waals surface area contributed by atoms with Crippen molar-refractivity contribution in [2.24, 2.45) is 29.1 Å². The fourth-order valence-electron chi connectivity index (χ4n) is 6.08. The third kappa shape index (κ3) is 4.52. The molecule has 3 aliphatic carbocycles. The monoisotopic (exact) mass is 532 g/mol. The number of hydrogen-bond donors (Lipinski definition) is 3. The molecule has 0 aliphatic heterocycles. The van der Waals surface area contributed by atoms with Crippen LogP contribution in [0.5, 0.6) is 0 Å². The van der Waals surface area contributed by atoms with Crippen LogP contribution >= 0.6 is 0 Å². The van der Waals surface area contributed by atoms with Crippen molar-refractivity contribution in [1.29, 1.82) is 0 Å². The van der Waals surface area contributed by atoms with Gasteiger partial charge in [-0.3, -0.25) is 4.79 Å². The first-order valence-electron chi connectivity index (χ1n) is 13.0. The predicted molar refractivity (Wildman–Crippen MR) is 140 cm³/mol. The minimum absolute atomic E-state index is 0.0964. The average Bonchev–Trinajstić information content (AvgIpc) is 3.35. The van der Waals surface area contributed by atoms with Crippen LogP contribution in [0.1, 0.15) is 41.5 Å². The summed E-state index contributed by atoms with van der Waals surface area (Å²) in [7, 11) is 0. The maximum atomic E-state index is 13.9. The number of aliphatic hydroxyl groups excluding tert-OH is 2. The van der Waals surface area contributed by atoms with Crippen LogP contribution in [0.3, 0.4) is 0 Å². The summed E-state index contributed by atoms with van der Waals surface area (Å²) >= 11 is 0. The summed E-state index contributed by atoms with van der Waals surface area (Å²) in [6.07, 6.45) is -0.855. The van der Waals surface area contributed by atoms with Gasteiger partial charge in [-0.25, -0.2) is 9.59 Å². The molecule has 0 heterocycles. The lowest BCUT2D eigenvalue weighted by Gasteiger charge is -2.36. The standard InChI is InChI=1S/C31H32O8/c1-17-24(30(17,2)3)21-14-20(16-38-28(35)18-10-6-4-7-11-18)26(33)31(37)22(25(21)32)15-23(27(31)34)39-29(36)19-12-8-5-9-13-19/h4-15,17,21-22,24,26-27,33-34,37H,16H2,1-3H3/t17-,21+,22?,24-,26-,27+,31+/m1/s1. The van der Waals surface area contributed by atoms with Crippen LogP contribution in [0.2, 0.25) is 0 Å². The van der Waals surface area contributed by atoms with Gasteiger partial charge >= 0.3 is 11.9 Å². The number of esters is 2. The highest BCUT2D eigenvalue weighted by Gasteiger charge is 2.65. The maximum absolute atomic E-state index is 13.9. The smallest absolute Gasteiger partial charge is 0.343 e. The molecule has 2 aromatic rings. The highest BCUT2D eigenvalue weighted by Crippen LogP contribution is 2.63. The van der Waals surface area contributed by atoms with E-state index in [4.69, 9.17) is 9.47 Å². The third-order valence-corrected chi connectivity index (χ3v) is 8.80. The summed E-state index contributed by atoms with van der Waals surface area (Å²) < 4.78 is 10.9. The molecule has 1 fully saturated rings. The number of carbonyl (C=O) groups is 3. The lowest BCUT2D eigenvalue weighted by molar-refractivity contribution is -0.158. The molecule has 0 saturated heterocycles. The topological polar surface area (TPSA) is 130 Å². The Morgan fingerprint density at radius 1 is 0.872 bits per heavy atom. The highest BCUT2D eigenvalue weighted by molar-refractivity contribution is 5.92. The van der Waals surface area contributed by atoms with E-state index < -0.39 is 54.0 Å². The number of Topliss-reactive ketones (excluding diaryl/α,β-unsaturated/α-hetero) is 1. The lowest BCUT2D eigenvalue weighted by atomic mass is 9.77. The Balaban J connectivity index is 1.47. The molecule has 39 heavy (non-hydrogen) atoms. The molecule has 8 heteroatoms. The molecule has 3 aliphatic rings. The summed E-state index contributed by atoms with van der Waals surface area (Å²) in [5, 5.41) is 34.4. The highest BCUT2D eigenvalue weighted by atomic mass is 16.6. The van der Waals surface area contributed by atoms with Crippen molar-refractivity contribution in [3.05, 3.63) is 95.3 Å². The van der Waals surface area contributed by atoms with Crippen molar-refractivity contribution in [3.63, 3.8) is 0 Å². The van der Waals surface area contributed by atoms with E-state index in [1.807, 2.05) is 20.8 Å². The van der Waals surface area contributed by atoms with Gasteiger partial charge in [0.15, 0.2) is 0 Å². The van der Waals surface area contributed by atoms with E-state index in [-0.39, 0.29) is 34.1 Å². The van der Waals surface area contributed by atoms with Gasteiger partial charge in [-0.1, -0.05) is 63.2 Å². The second-order valence-corrected chi connectivity index (χ2v) is 11.2. The first-order chi connectivity index (χ1) is 18.5. The molecule has 1 unspecified atom stereocenters. The van der Waals surface area contributed by atoms with Crippen molar-refractivity contribution >= 4 is 17.7 Å². The molecule has 5 rings (SSSR count). The molecular formula is C31H32O8. The van der Waals surface area contributed by atoms with Gasteiger partial charge < -0.3 is 24.8 Å². The van der Waals surface area contributed by atoms with Gasteiger partial charge in [0.1, 0.15) is 36.0 Å².